The van der Waals surface area contributed by atoms with Crippen molar-refractivity contribution >= 4 is 5.96 Å². The Morgan fingerprint density at radius 3 is 2.56 bits per heavy atom. The SMILES string of the molecule is CN(C)CCNC(=NCCCC(C)(C)C)NC#N.[HH].[HH]. The standard InChI is InChI=1S/C13H27N5.2H2/c1-13(2,3)7-6-8-15-12(17-11-14)16-9-10-18(4)5;;/h6-10H2,1-5H3,(H2,15,16,17);2*1H. The zero-order valence-electron chi connectivity index (χ0n) is 12.4. The van der Waals surface area contributed by atoms with Crippen molar-refractivity contribution < 1.29 is 2.85 Å². The minimum absolute atomic E-state index is 0. The second-order valence-electron chi connectivity index (χ2n) is 5.86. The van der Waals surface area contributed by atoms with Crippen LogP contribution in [0.5, 0.6) is 0 Å². The number of hydrogen-bond acceptors (Lipinski definition) is 3. The van der Waals surface area contributed by atoms with Gasteiger partial charge >= 0.3 is 0 Å². The van der Waals surface area contributed by atoms with Crippen LogP contribution in [0, 0.1) is 16.9 Å². The van der Waals surface area contributed by atoms with Crippen LogP contribution in [-0.4, -0.2) is 44.6 Å². The van der Waals surface area contributed by atoms with Gasteiger partial charge in [-0.15, -0.1) is 0 Å². The van der Waals surface area contributed by atoms with E-state index in [9.17, 15) is 0 Å². The van der Waals surface area contributed by atoms with Crippen LogP contribution in [-0.2, 0) is 0 Å². The first-order chi connectivity index (χ1) is 8.35. The van der Waals surface area contributed by atoms with Crippen LogP contribution < -0.4 is 10.6 Å². The van der Waals surface area contributed by atoms with Gasteiger partial charge in [-0.1, -0.05) is 20.8 Å². The molecule has 2 N–H and O–H groups in total. The number of rotatable bonds is 6. The van der Waals surface area contributed by atoms with Crippen molar-refractivity contribution in [2.45, 2.75) is 33.6 Å². The third kappa shape index (κ3) is 11.2. The largest absolute Gasteiger partial charge is 0.354 e. The Balaban J connectivity index is -0.00000144. The van der Waals surface area contributed by atoms with Gasteiger partial charge in [-0.3, -0.25) is 10.3 Å². The van der Waals surface area contributed by atoms with E-state index in [1.54, 1.807) is 0 Å². The van der Waals surface area contributed by atoms with Crippen molar-refractivity contribution in [3.05, 3.63) is 0 Å². The molecule has 5 nitrogen and oxygen atoms in total. The van der Waals surface area contributed by atoms with Crippen LogP contribution in [0.3, 0.4) is 0 Å². The van der Waals surface area contributed by atoms with Gasteiger partial charge in [-0.05, 0) is 32.4 Å². The summed E-state index contributed by atoms with van der Waals surface area (Å²) in [4.78, 5) is 6.45. The maximum absolute atomic E-state index is 8.64. The normalized spacial score (nSPS) is 12.4. The summed E-state index contributed by atoms with van der Waals surface area (Å²) in [6.07, 6.45) is 4.08. The maximum atomic E-state index is 8.64. The molecule has 0 aliphatic carbocycles. The van der Waals surface area contributed by atoms with E-state index in [2.05, 4.69) is 41.3 Å². The van der Waals surface area contributed by atoms with Gasteiger partial charge in [0.1, 0.15) is 0 Å². The molecule has 18 heavy (non-hydrogen) atoms. The summed E-state index contributed by atoms with van der Waals surface area (Å²) in [7, 11) is 4.03. The topological polar surface area (TPSA) is 63.4 Å². The smallest absolute Gasteiger partial charge is 0.204 e. The van der Waals surface area contributed by atoms with Crippen LogP contribution in [0.15, 0.2) is 4.99 Å². The van der Waals surface area contributed by atoms with Gasteiger partial charge in [0.05, 0.1) is 0 Å². The van der Waals surface area contributed by atoms with Gasteiger partial charge in [0.15, 0.2) is 6.19 Å². The monoisotopic (exact) mass is 257 g/mol. The number of hydrogen-bond donors (Lipinski definition) is 2. The van der Waals surface area contributed by atoms with Crippen molar-refractivity contribution in [2.75, 3.05) is 33.7 Å². The lowest BCUT2D eigenvalue weighted by Crippen LogP contribution is -2.38. The zero-order chi connectivity index (χ0) is 14.0. The minimum atomic E-state index is 0. The van der Waals surface area contributed by atoms with E-state index in [1.807, 2.05) is 20.3 Å². The summed E-state index contributed by atoms with van der Waals surface area (Å²) in [6, 6.07) is 0. The molecule has 0 aromatic heterocycles. The molecule has 0 aromatic rings. The Hall–Kier alpha value is -1.28. The van der Waals surface area contributed by atoms with Crippen molar-refractivity contribution in [2.24, 2.45) is 10.4 Å². The van der Waals surface area contributed by atoms with Gasteiger partial charge in [0.25, 0.3) is 0 Å². The molecule has 0 radical (unpaired) electrons. The summed E-state index contributed by atoms with van der Waals surface area (Å²) >= 11 is 0. The quantitative estimate of drug-likeness (QED) is 0.251. The molecule has 0 aromatic carbocycles. The molecule has 0 aliphatic rings. The molecule has 0 bridgehead atoms. The predicted octanol–water partition coefficient (Wildman–Crippen LogP) is 1.88. The average Bonchev–Trinajstić information content (AvgIpc) is 2.22. The van der Waals surface area contributed by atoms with Crippen LogP contribution in [0.25, 0.3) is 0 Å². The van der Waals surface area contributed by atoms with E-state index in [1.165, 1.54) is 0 Å². The predicted molar refractivity (Wildman–Crippen MR) is 80.5 cm³/mol. The van der Waals surface area contributed by atoms with Gasteiger partial charge in [0.2, 0.25) is 5.96 Å². The van der Waals surface area contributed by atoms with Gasteiger partial charge in [-0.2, -0.15) is 5.26 Å². The number of likely N-dealkylation sites (N-methyl/N-ethyl adjacent to an activating group) is 1. The molecule has 0 unspecified atom stereocenters. The highest BCUT2D eigenvalue weighted by atomic mass is 15.2. The molecule has 5 heteroatoms. The van der Waals surface area contributed by atoms with Crippen LogP contribution in [0.1, 0.15) is 36.5 Å². The highest BCUT2D eigenvalue weighted by Gasteiger charge is 2.08. The fourth-order valence-corrected chi connectivity index (χ4v) is 1.39. The van der Waals surface area contributed by atoms with Gasteiger partial charge in [0, 0.05) is 22.5 Å². The minimum Gasteiger partial charge on any atom is -0.354 e. The summed E-state index contributed by atoms with van der Waals surface area (Å²) in [5.74, 6) is 0.577. The molecule has 0 atom stereocenters. The third-order valence-corrected chi connectivity index (χ3v) is 2.38. The Labute approximate surface area is 114 Å². The van der Waals surface area contributed by atoms with E-state index in [-0.39, 0.29) is 2.85 Å². The Morgan fingerprint density at radius 2 is 2.06 bits per heavy atom. The summed E-state index contributed by atoms with van der Waals surface area (Å²) in [5, 5.41) is 14.3. The highest BCUT2D eigenvalue weighted by molar-refractivity contribution is 5.81. The lowest BCUT2D eigenvalue weighted by atomic mass is 9.91. The molecule has 0 fully saturated rings. The van der Waals surface area contributed by atoms with Crippen LogP contribution in [0.2, 0.25) is 0 Å². The second-order valence-corrected chi connectivity index (χ2v) is 5.86. The number of nitrogens with zero attached hydrogens (tertiary/aromatic N) is 3. The molecular formula is C13H31N5. The fourth-order valence-electron chi connectivity index (χ4n) is 1.39. The Bertz CT molecular complexity index is 292. The number of nitrogens with one attached hydrogen (secondary N) is 2. The van der Waals surface area contributed by atoms with E-state index in [0.717, 1.165) is 32.5 Å². The molecule has 0 rings (SSSR count). The Morgan fingerprint density at radius 1 is 1.39 bits per heavy atom. The summed E-state index contributed by atoms with van der Waals surface area (Å²) < 4.78 is 0. The molecule has 108 valence electrons. The molecule has 0 heterocycles. The van der Waals surface area contributed by atoms with E-state index in [4.69, 9.17) is 5.26 Å². The van der Waals surface area contributed by atoms with E-state index >= 15 is 0 Å². The van der Waals surface area contributed by atoms with E-state index in [0.29, 0.717) is 11.4 Å². The summed E-state index contributed by atoms with van der Waals surface area (Å²) in [6.45, 7) is 9.10. The lowest BCUT2D eigenvalue weighted by Gasteiger charge is -2.17. The second kappa shape index (κ2) is 8.76. The average molecular weight is 257 g/mol. The van der Waals surface area contributed by atoms with Crippen molar-refractivity contribution in [1.29, 1.82) is 5.26 Å². The zero-order valence-corrected chi connectivity index (χ0v) is 12.4. The maximum Gasteiger partial charge on any atom is 0.204 e. The first-order valence-electron chi connectivity index (χ1n) is 6.43. The molecule has 0 spiro atoms. The third-order valence-electron chi connectivity index (χ3n) is 2.38. The van der Waals surface area contributed by atoms with Crippen molar-refractivity contribution in [1.82, 2.24) is 15.5 Å². The summed E-state index contributed by atoms with van der Waals surface area (Å²) in [5.41, 5.74) is 0.344. The molecule has 0 saturated carbocycles. The van der Waals surface area contributed by atoms with Crippen molar-refractivity contribution in [3.63, 3.8) is 0 Å². The highest BCUT2D eigenvalue weighted by Crippen LogP contribution is 2.20. The van der Waals surface area contributed by atoms with Gasteiger partial charge < -0.3 is 10.2 Å². The van der Waals surface area contributed by atoms with E-state index < -0.39 is 0 Å². The number of nitriles is 1. The number of guanidine groups is 1. The fraction of sp³-hybridized carbons (Fsp3) is 0.846. The molecule has 0 amide bonds. The molecule has 0 saturated heterocycles. The lowest BCUT2D eigenvalue weighted by molar-refractivity contribution is 0.368. The first kappa shape index (κ1) is 16.7. The van der Waals surface area contributed by atoms with Crippen LogP contribution >= 0.6 is 0 Å². The molecule has 0 aliphatic heterocycles. The van der Waals surface area contributed by atoms with Gasteiger partial charge in [-0.25, -0.2) is 0 Å². The Kier molecular flexibility index (Phi) is 8.14. The first-order valence-corrected chi connectivity index (χ1v) is 6.43. The number of aliphatic imine (C=N–C) groups is 1. The van der Waals surface area contributed by atoms with Crippen molar-refractivity contribution in [3.8, 4) is 6.19 Å². The van der Waals surface area contributed by atoms with Crippen LogP contribution in [0.4, 0.5) is 0 Å². The molecular weight excluding hydrogens is 226 g/mol.